The van der Waals surface area contributed by atoms with Crippen LogP contribution >= 0.6 is 11.3 Å². The van der Waals surface area contributed by atoms with Crippen molar-refractivity contribution in [3.8, 4) is 5.75 Å². The molecule has 196 valence electrons. The highest BCUT2D eigenvalue weighted by Gasteiger charge is 2.32. The van der Waals surface area contributed by atoms with Gasteiger partial charge in [0.25, 0.3) is 18.2 Å². The van der Waals surface area contributed by atoms with Gasteiger partial charge in [-0.1, -0.05) is 0 Å². The molecule has 5 rings (SSSR count). The Bertz CT molecular complexity index is 1600. The molecule has 0 bridgehead atoms. The van der Waals surface area contributed by atoms with Gasteiger partial charge in [-0.3, -0.25) is 19.7 Å². The third-order valence-electron chi connectivity index (χ3n) is 5.76. The molecule has 1 aliphatic rings. The van der Waals surface area contributed by atoms with Gasteiger partial charge < -0.3 is 15.8 Å². The van der Waals surface area contributed by atoms with Crippen molar-refractivity contribution in [3.63, 3.8) is 0 Å². The quantitative estimate of drug-likeness (QED) is 0.227. The predicted molar refractivity (Wildman–Crippen MR) is 129 cm³/mol. The number of hydrogen-bond acceptors (Lipinski definition) is 8. The molecule has 4 aromatic rings. The SMILES string of the molecule is NC(=O)c1sc2nc(C(F)F)cc(C3CC3)c2c1NC(=O)c1ccn(COc2cc(F)ccc2[N+](=O)[O-])n1. The Morgan fingerprint density at radius 2 is 2.05 bits per heavy atom. The van der Waals surface area contributed by atoms with Crippen LogP contribution in [-0.4, -0.2) is 31.5 Å². The number of nitro benzene ring substituents is 1. The molecule has 15 heteroatoms. The summed E-state index contributed by atoms with van der Waals surface area (Å²) < 4.78 is 46.8. The number of fused-ring (bicyclic) bond motifs is 1. The number of carbonyl (C=O) groups excluding carboxylic acids is 2. The van der Waals surface area contributed by atoms with E-state index in [0.29, 0.717) is 10.9 Å². The number of carbonyl (C=O) groups is 2. The van der Waals surface area contributed by atoms with Crippen LogP contribution in [0.25, 0.3) is 10.2 Å². The predicted octanol–water partition coefficient (Wildman–Crippen LogP) is 4.74. The zero-order valence-corrected chi connectivity index (χ0v) is 20.0. The number of amides is 2. The van der Waals surface area contributed by atoms with E-state index in [9.17, 15) is 32.9 Å². The molecular formula is C23H17F3N6O5S. The summed E-state index contributed by atoms with van der Waals surface area (Å²) in [7, 11) is 0. The second-order valence-electron chi connectivity index (χ2n) is 8.40. The zero-order valence-electron chi connectivity index (χ0n) is 19.2. The van der Waals surface area contributed by atoms with Crippen molar-refractivity contribution in [3.05, 3.63) is 74.3 Å². The fraction of sp³-hybridized carbons (Fsp3) is 0.217. The Hall–Kier alpha value is -4.53. The number of aromatic nitrogens is 3. The van der Waals surface area contributed by atoms with E-state index in [1.165, 1.54) is 18.3 Å². The van der Waals surface area contributed by atoms with Crippen LogP contribution in [0.2, 0.25) is 0 Å². The first kappa shape index (κ1) is 25.1. The van der Waals surface area contributed by atoms with E-state index in [-0.39, 0.29) is 39.5 Å². The van der Waals surface area contributed by atoms with Crippen LogP contribution in [0, 0.1) is 15.9 Å². The molecule has 38 heavy (non-hydrogen) atoms. The topological polar surface area (TPSA) is 155 Å². The van der Waals surface area contributed by atoms with Gasteiger partial charge in [0, 0.05) is 23.7 Å². The normalized spacial score (nSPS) is 13.2. The average molecular weight is 546 g/mol. The zero-order chi connectivity index (χ0) is 27.1. The maximum atomic E-state index is 13.5. The van der Waals surface area contributed by atoms with Crippen LogP contribution in [-0.2, 0) is 6.73 Å². The standard InChI is InChI=1S/C23H17F3N6O5S/c24-11-3-4-15(32(35)36)16(7-11)37-9-31-6-5-13(30-31)22(34)29-18-17-12(10-1-2-10)8-14(20(25)26)28-23(17)38-19(18)21(27)33/h3-8,10,20H,1-2,9H2,(H2,27,33)(H,29,34). The largest absolute Gasteiger partial charge is 0.464 e. The van der Waals surface area contributed by atoms with Gasteiger partial charge >= 0.3 is 5.69 Å². The number of nitrogens with zero attached hydrogens (tertiary/aromatic N) is 4. The number of rotatable bonds is 9. The van der Waals surface area contributed by atoms with E-state index in [1.54, 1.807) is 0 Å². The Labute approximate surface area is 215 Å². The van der Waals surface area contributed by atoms with E-state index in [2.05, 4.69) is 15.4 Å². The monoisotopic (exact) mass is 546 g/mol. The minimum absolute atomic E-state index is 0.00721. The number of nitro groups is 1. The summed E-state index contributed by atoms with van der Waals surface area (Å²) in [6, 6.07) is 5.35. The van der Waals surface area contributed by atoms with Gasteiger partial charge in [-0.15, -0.1) is 11.3 Å². The molecule has 0 radical (unpaired) electrons. The van der Waals surface area contributed by atoms with Gasteiger partial charge in [0.2, 0.25) is 5.75 Å². The molecule has 0 saturated heterocycles. The van der Waals surface area contributed by atoms with Crippen LogP contribution < -0.4 is 15.8 Å². The number of nitrogens with one attached hydrogen (secondary N) is 1. The number of ether oxygens (including phenoxy) is 1. The van der Waals surface area contributed by atoms with Gasteiger partial charge in [0.15, 0.2) is 12.4 Å². The van der Waals surface area contributed by atoms with Gasteiger partial charge in [-0.25, -0.2) is 22.8 Å². The Balaban J connectivity index is 1.41. The van der Waals surface area contributed by atoms with Crippen molar-refractivity contribution >= 4 is 44.7 Å². The minimum Gasteiger partial charge on any atom is -0.464 e. The first-order chi connectivity index (χ1) is 18.1. The number of alkyl halides is 2. The highest BCUT2D eigenvalue weighted by molar-refractivity contribution is 7.21. The molecule has 11 nitrogen and oxygen atoms in total. The Morgan fingerprint density at radius 1 is 1.29 bits per heavy atom. The van der Waals surface area contributed by atoms with Gasteiger partial charge in [0.05, 0.1) is 10.6 Å². The third-order valence-corrected chi connectivity index (χ3v) is 6.86. The van der Waals surface area contributed by atoms with Crippen molar-refractivity contribution in [2.24, 2.45) is 5.73 Å². The molecule has 2 amide bonds. The second kappa shape index (κ2) is 9.74. The van der Waals surface area contributed by atoms with Crippen molar-refractivity contribution < 1.29 is 32.4 Å². The summed E-state index contributed by atoms with van der Waals surface area (Å²) in [4.78, 5) is 39.7. The lowest BCUT2D eigenvalue weighted by molar-refractivity contribution is -0.386. The van der Waals surface area contributed by atoms with Crippen molar-refractivity contribution in [2.45, 2.75) is 31.9 Å². The molecule has 3 heterocycles. The number of thiophene rings is 1. The molecule has 0 unspecified atom stereocenters. The van der Waals surface area contributed by atoms with E-state index in [1.807, 2.05) is 0 Å². The summed E-state index contributed by atoms with van der Waals surface area (Å²) >= 11 is 0.811. The molecule has 3 aromatic heterocycles. The molecule has 1 fully saturated rings. The smallest absolute Gasteiger partial charge is 0.311 e. The molecule has 1 saturated carbocycles. The summed E-state index contributed by atoms with van der Waals surface area (Å²) in [6.45, 7) is -0.377. The lowest BCUT2D eigenvalue weighted by Gasteiger charge is -2.09. The van der Waals surface area contributed by atoms with E-state index in [0.717, 1.165) is 47.1 Å². The highest BCUT2D eigenvalue weighted by Crippen LogP contribution is 2.48. The first-order valence-corrected chi connectivity index (χ1v) is 11.9. The number of primary amides is 1. The van der Waals surface area contributed by atoms with Crippen molar-refractivity contribution in [1.29, 1.82) is 0 Å². The first-order valence-electron chi connectivity index (χ1n) is 11.1. The molecular weight excluding hydrogens is 529 g/mol. The van der Waals surface area contributed by atoms with Crippen LogP contribution in [0.4, 0.5) is 24.5 Å². The van der Waals surface area contributed by atoms with Crippen LogP contribution in [0.5, 0.6) is 5.75 Å². The average Bonchev–Trinajstić information content (AvgIpc) is 3.49. The molecule has 0 aliphatic heterocycles. The minimum atomic E-state index is -2.81. The highest BCUT2D eigenvalue weighted by atomic mass is 32.1. The number of halogens is 3. The van der Waals surface area contributed by atoms with Gasteiger partial charge in [-0.05, 0) is 42.5 Å². The number of pyridine rings is 1. The number of hydrogen-bond donors (Lipinski definition) is 2. The molecule has 1 aromatic carbocycles. The number of nitrogens with two attached hydrogens (primary N) is 1. The number of anilines is 1. The summed E-state index contributed by atoms with van der Waals surface area (Å²) in [5.74, 6) is -2.66. The van der Waals surface area contributed by atoms with Crippen LogP contribution in [0.15, 0.2) is 36.5 Å². The van der Waals surface area contributed by atoms with Gasteiger partial charge in [0.1, 0.15) is 21.2 Å². The number of benzene rings is 1. The lowest BCUT2D eigenvalue weighted by Crippen LogP contribution is -2.18. The van der Waals surface area contributed by atoms with E-state index < -0.39 is 40.4 Å². The second-order valence-corrected chi connectivity index (χ2v) is 9.40. The molecule has 1 aliphatic carbocycles. The van der Waals surface area contributed by atoms with Crippen LogP contribution in [0.1, 0.15) is 56.6 Å². The maximum absolute atomic E-state index is 13.5. The van der Waals surface area contributed by atoms with E-state index >= 15 is 0 Å². The third kappa shape index (κ3) is 4.87. The lowest BCUT2D eigenvalue weighted by atomic mass is 10.0. The van der Waals surface area contributed by atoms with Crippen molar-refractivity contribution in [2.75, 3.05) is 5.32 Å². The maximum Gasteiger partial charge on any atom is 0.311 e. The molecule has 0 atom stereocenters. The Kier molecular flexibility index (Phi) is 6.44. The fourth-order valence-electron chi connectivity index (χ4n) is 3.89. The molecule has 0 spiro atoms. The summed E-state index contributed by atoms with van der Waals surface area (Å²) in [5, 5.41) is 18.2. The summed E-state index contributed by atoms with van der Waals surface area (Å²) in [5.41, 5.74) is 5.15. The van der Waals surface area contributed by atoms with E-state index in [4.69, 9.17) is 10.5 Å². The fourth-order valence-corrected chi connectivity index (χ4v) is 4.91. The molecule has 3 N–H and O–H groups in total. The van der Waals surface area contributed by atoms with Crippen LogP contribution in [0.3, 0.4) is 0 Å². The van der Waals surface area contributed by atoms with Crippen molar-refractivity contribution in [1.82, 2.24) is 14.8 Å². The summed E-state index contributed by atoms with van der Waals surface area (Å²) in [6.07, 6.45) is 0.0803. The van der Waals surface area contributed by atoms with Gasteiger partial charge in [-0.2, -0.15) is 5.10 Å². The Morgan fingerprint density at radius 3 is 2.71 bits per heavy atom.